The standard InChI is InChI=1S/C12H14BrNO5S/c1-7(2)11(12(15)16)20(19)6-8-3-4-9(13)5-10(8)14(17)18/h3-5,7,11H,6H2,1-2H3,(H,15,16). The quantitative estimate of drug-likeness (QED) is 0.618. The van der Waals surface area contributed by atoms with Gasteiger partial charge in [0.15, 0.2) is 0 Å². The first-order valence-electron chi connectivity index (χ1n) is 5.76. The summed E-state index contributed by atoms with van der Waals surface area (Å²) >= 11 is 3.13. The number of hydrogen-bond acceptors (Lipinski definition) is 4. The number of rotatable bonds is 6. The van der Waals surface area contributed by atoms with Gasteiger partial charge in [-0.2, -0.15) is 0 Å². The summed E-state index contributed by atoms with van der Waals surface area (Å²) in [6, 6.07) is 4.40. The maximum absolute atomic E-state index is 12.2. The molecule has 2 atom stereocenters. The third-order valence-electron chi connectivity index (χ3n) is 2.67. The Morgan fingerprint density at radius 3 is 2.55 bits per heavy atom. The van der Waals surface area contributed by atoms with E-state index in [1.165, 1.54) is 12.1 Å². The third kappa shape index (κ3) is 4.11. The van der Waals surface area contributed by atoms with E-state index < -0.39 is 26.9 Å². The molecule has 0 saturated carbocycles. The van der Waals surface area contributed by atoms with E-state index in [1.54, 1.807) is 19.9 Å². The van der Waals surface area contributed by atoms with Gasteiger partial charge in [0.25, 0.3) is 5.69 Å². The van der Waals surface area contributed by atoms with E-state index in [9.17, 15) is 19.1 Å². The number of nitro benzene ring substituents is 1. The highest BCUT2D eigenvalue weighted by atomic mass is 79.9. The number of nitrogens with zero attached hydrogens (tertiary/aromatic N) is 1. The molecule has 0 amide bonds. The highest BCUT2D eigenvalue weighted by Crippen LogP contribution is 2.26. The van der Waals surface area contributed by atoms with Gasteiger partial charge in [0.05, 0.1) is 10.7 Å². The lowest BCUT2D eigenvalue weighted by atomic mass is 10.1. The summed E-state index contributed by atoms with van der Waals surface area (Å²) in [7, 11) is -1.72. The summed E-state index contributed by atoms with van der Waals surface area (Å²) in [5, 5.41) is 19.0. The predicted molar refractivity (Wildman–Crippen MR) is 78.9 cm³/mol. The Kier molecular flexibility index (Phi) is 5.82. The van der Waals surface area contributed by atoms with Gasteiger partial charge in [-0.05, 0) is 12.0 Å². The maximum atomic E-state index is 12.2. The van der Waals surface area contributed by atoms with Gasteiger partial charge in [-0.15, -0.1) is 0 Å². The Bertz CT molecular complexity index is 561. The molecule has 2 unspecified atom stereocenters. The lowest BCUT2D eigenvalue weighted by Crippen LogP contribution is -2.31. The molecule has 0 aromatic heterocycles. The number of carboxylic acids is 1. The minimum Gasteiger partial charge on any atom is -0.480 e. The zero-order valence-corrected chi connectivity index (χ0v) is 13.3. The van der Waals surface area contributed by atoms with Gasteiger partial charge < -0.3 is 5.11 Å². The van der Waals surface area contributed by atoms with Crippen molar-refractivity contribution in [2.24, 2.45) is 5.92 Å². The maximum Gasteiger partial charge on any atom is 0.319 e. The Morgan fingerprint density at radius 1 is 1.50 bits per heavy atom. The molecule has 0 aliphatic rings. The van der Waals surface area contributed by atoms with Crippen molar-refractivity contribution >= 4 is 38.4 Å². The number of halogens is 1. The third-order valence-corrected chi connectivity index (χ3v) is 5.08. The molecular formula is C12H14BrNO5S. The van der Waals surface area contributed by atoms with Crippen LogP contribution >= 0.6 is 15.9 Å². The van der Waals surface area contributed by atoms with E-state index in [0.29, 0.717) is 4.47 Å². The number of aliphatic carboxylic acids is 1. The number of hydrogen-bond donors (Lipinski definition) is 1. The second-order valence-electron chi connectivity index (χ2n) is 4.56. The first-order valence-corrected chi connectivity index (χ1v) is 7.94. The van der Waals surface area contributed by atoms with E-state index in [2.05, 4.69) is 15.9 Å². The zero-order chi connectivity index (χ0) is 15.4. The van der Waals surface area contributed by atoms with Crippen LogP contribution in [0.25, 0.3) is 0 Å². The number of carboxylic acid groups (broad SMARTS) is 1. The normalized spacial score (nSPS) is 14.0. The van der Waals surface area contributed by atoms with Crippen LogP contribution in [0.5, 0.6) is 0 Å². The minimum absolute atomic E-state index is 0.154. The molecule has 6 nitrogen and oxygen atoms in total. The predicted octanol–water partition coefficient (Wildman–Crippen LogP) is 2.72. The van der Waals surface area contributed by atoms with Crippen LogP contribution < -0.4 is 0 Å². The number of carbonyl (C=O) groups is 1. The van der Waals surface area contributed by atoms with Gasteiger partial charge in [-0.1, -0.05) is 35.8 Å². The molecule has 0 spiro atoms. The second kappa shape index (κ2) is 6.94. The fraction of sp³-hybridized carbons (Fsp3) is 0.417. The van der Waals surface area contributed by atoms with Crippen LogP contribution in [0.3, 0.4) is 0 Å². The molecule has 1 rings (SSSR count). The van der Waals surface area contributed by atoms with Crippen molar-refractivity contribution in [2.75, 3.05) is 0 Å². The molecule has 1 N–H and O–H groups in total. The van der Waals surface area contributed by atoms with Crippen LogP contribution in [0.4, 0.5) is 5.69 Å². The molecule has 0 radical (unpaired) electrons. The van der Waals surface area contributed by atoms with Crippen molar-refractivity contribution in [1.29, 1.82) is 0 Å². The molecule has 1 aromatic rings. The molecular weight excluding hydrogens is 350 g/mol. The molecule has 0 fully saturated rings. The highest BCUT2D eigenvalue weighted by molar-refractivity contribution is 9.10. The summed E-state index contributed by atoms with van der Waals surface area (Å²) in [5.74, 6) is -1.63. The van der Waals surface area contributed by atoms with Crippen LogP contribution in [-0.4, -0.2) is 25.5 Å². The summed E-state index contributed by atoms with van der Waals surface area (Å²) < 4.78 is 12.7. The van der Waals surface area contributed by atoms with Crippen LogP contribution in [-0.2, 0) is 21.3 Å². The molecule has 0 bridgehead atoms. The molecule has 1 aromatic carbocycles. The van der Waals surface area contributed by atoms with Crippen molar-refractivity contribution < 1.29 is 19.0 Å². The lowest BCUT2D eigenvalue weighted by molar-refractivity contribution is -0.385. The summed E-state index contributed by atoms with van der Waals surface area (Å²) in [5.41, 5.74) is 0.101. The second-order valence-corrected chi connectivity index (χ2v) is 7.03. The Hall–Kier alpha value is -1.28. The smallest absolute Gasteiger partial charge is 0.319 e. The summed E-state index contributed by atoms with van der Waals surface area (Å²) in [4.78, 5) is 21.5. The summed E-state index contributed by atoms with van der Waals surface area (Å²) in [6.45, 7) is 3.32. The number of nitro groups is 1. The lowest BCUT2D eigenvalue weighted by Gasteiger charge is -2.15. The van der Waals surface area contributed by atoms with Gasteiger partial charge in [0, 0.05) is 26.9 Å². The molecule has 0 aliphatic carbocycles. The Morgan fingerprint density at radius 2 is 2.10 bits per heavy atom. The van der Waals surface area contributed by atoms with Gasteiger partial charge in [0.1, 0.15) is 5.25 Å². The van der Waals surface area contributed by atoms with E-state index in [-0.39, 0.29) is 22.9 Å². The average molecular weight is 364 g/mol. The minimum atomic E-state index is -1.72. The molecule has 0 heterocycles. The Balaban J connectivity index is 3.07. The zero-order valence-electron chi connectivity index (χ0n) is 10.9. The first-order chi connectivity index (χ1) is 9.23. The van der Waals surface area contributed by atoms with Crippen molar-refractivity contribution in [1.82, 2.24) is 0 Å². The van der Waals surface area contributed by atoms with E-state index in [0.717, 1.165) is 0 Å². The van der Waals surface area contributed by atoms with Gasteiger partial charge in [-0.25, -0.2) is 0 Å². The molecule has 0 aliphatic heterocycles. The molecule has 110 valence electrons. The van der Waals surface area contributed by atoms with Crippen LogP contribution in [0.2, 0.25) is 0 Å². The molecule has 8 heteroatoms. The summed E-state index contributed by atoms with van der Waals surface area (Å²) in [6.07, 6.45) is 0. The van der Waals surface area contributed by atoms with Crippen molar-refractivity contribution in [3.8, 4) is 0 Å². The van der Waals surface area contributed by atoms with Crippen LogP contribution in [0.15, 0.2) is 22.7 Å². The van der Waals surface area contributed by atoms with Crippen molar-refractivity contribution in [3.05, 3.63) is 38.3 Å². The average Bonchev–Trinajstić information content (AvgIpc) is 2.30. The monoisotopic (exact) mass is 363 g/mol. The van der Waals surface area contributed by atoms with Gasteiger partial charge in [-0.3, -0.25) is 19.1 Å². The van der Waals surface area contributed by atoms with Crippen molar-refractivity contribution in [3.63, 3.8) is 0 Å². The molecule has 0 saturated heterocycles. The molecule has 20 heavy (non-hydrogen) atoms. The van der Waals surface area contributed by atoms with E-state index in [4.69, 9.17) is 5.11 Å². The number of benzene rings is 1. The first kappa shape index (κ1) is 16.8. The topological polar surface area (TPSA) is 97.5 Å². The van der Waals surface area contributed by atoms with Gasteiger partial charge in [0.2, 0.25) is 0 Å². The van der Waals surface area contributed by atoms with Crippen molar-refractivity contribution in [2.45, 2.75) is 24.9 Å². The highest BCUT2D eigenvalue weighted by Gasteiger charge is 2.29. The van der Waals surface area contributed by atoms with E-state index in [1.807, 2.05) is 0 Å². The van der Waals surface area contributed by atoms with E-state index >= 15 is 0 Å². The fourth-order valence-electron chi connectivity index (χ4n) is 1.77. The largest absolute Gasteiger partial charge is 0.480 e. The van der Waals surface area contributed by atoms with Gasteiger partial charge >= 0.3 is 5.97 Å². The SMILES string of the molecule is CC(C)C(C(=O)O)S(=O)Cc1ccc(Br)cc1[N+](=O)[O-]. The van der Waals surface area contributed by atoms with Crippen LogP contribution in [0.1, 0.15) is 19.4 Å². The fourth-order valence-corrected chi connectivity index (χ4v) is 3.68. The van der Waals surface area contributed by atoms with Crippen LogP contribution in [0, 0.1) is 16.0 Å². The Labute approximate surface area is 126 Å².